The molecule has 1 amide bonds. The van der Waals surface area contributed by atoms with Crippen LogP contribution in [0.25, 0.3) is 0 Å². The largest absolute Gasteiger partial charge is 0.466 e. The number of ether oxygens (including phenoxy) is 1. The average Bonchev–Trinajstić information content (AvgIpc) is 3.39. The van der Waals surface area contributed by atoms with Crippen LogP contribution in [0.3, 0.4) is 0 Å². The van der Waals surface area contributed by atoms with Gasteiger partial charge in [-0.25, -0.2) is 0 Å². The predicted octanol–water partition coefficient (Wildman–Crippen LogP) is 21.2. The van der Waals surface area contributed by atoms with Crippen molar-refractivity contribution in [2.24, 2.45) is 0 Å². The molecule has 73 heavy (non-hydrogen) atoms. The highest BCUT2D eigenvalue weighted by atomic mass is 16.5. The summed E-state index contributed by atoms with van der Waals surface area (Å²) in [5.74, 6) is -0.0521. The van der Waals surface area contributed by atoms with Crippen LogP contribution < -0.4 is 5.32 Å². The molecule has 0 aliphatic carbocycles. The summed E-state index contributed by atoms with van der Waals surface area (Å²) in [6.07, 6.45) is 76.9. The van der Waals surface area contributed by atoms with Crippen LogP contribution in [0.4, 0.5) is 0 Å². The Morgan fingerprint density at radius 2 is 0.630 bits per heavy atom. The van der Waals surface area contributed by atoms with Gasteiger partial charge in [-0.15, -0.1) is 0 Å². The fraction of sp³-hybridized carbons (Fsp3) is 0.940. The Morgan fingerprint density at radius 3 is 0.932 bits per heavy atom. The number of carbonyl (C=O) groups excluding carboxylic acids is 2. The van der Waals surface area contributed by atoms with Crippen molar-refractivity contribution in [1.29, 1.82) is 0 Å². The van der Waals surface area contributed by atoms with Crippen molar-refractivity contribution in [3.05, 3.63) is 12.2 Å². The molecule has 0 radical (unpaired) electrons. The molecule has 0 aliphatic heterocycles. The zero-order valence-corrected chi connectivity index (χ0v) is 49.6. The van der Waals surface area contributed by atoms with Crippen LogP contribution in [-0.4, -0.2) is 47.4 Å². The summed E-state index contributed by atoms with van der Waals surface area (Å²) >= 11 is 0. The third-order valence-corrected chi connectivity index (χ3v) is 15.8. The van der Waals surface area contributed by atoms with E-state index >= 15 is 0 Å². The van der Waals surface area contributed by atoms with Crippen LogP contribution >= 0.6 is 0 Å². The molecule has 0 bridgehead atoms. The van der Waals surface area contributed by atoms with Crippen molar-refractivity contribution in [3.63, 3.8) is 0 Å². The second kappa shape index (κ2) is 63.1. The Hall–Kier alpha value is -1.40. The van der Waals surface area contributed by atoms with Gasteiger partial charge in [0.1, 0.15) is 0 Å². The monoisotopic (exact) mass is 1030 g/mol. The molecule has 434 valence electrons. The highest BCUT2D eigenvalue weighted by Crippen LogP contribution is 2.19. The van der Waals surface area contributed by atoms with Gasteiger partial charge in [0.15, 0.2) is 0 Å². The van der Waals surface area contributed by atoms with E-state index in [1.54, 1.807) is 6.08 Å². The van der Waals surface area contributed by atoms with E-state index < -0.39 is 12.1 Å². The summed E-state index contributed by atoms with van der Waals surface area (Å²) in [6, 6.07) is -0.629. The molecule has 0 saturated heterocycles. The fourth-order valence-corrected chi connectivity index (χ4v) is 10.7. The van der Waals surface area contributed by atoms with Crippen LogP contribution in [0.1, 0.15) is 380 Å². The number of rotatable bonds is 63. The Bertz CT molecular complexity index is 1100. The lowest BCUT2D eigenvalue weighted by Crippen LogP contribution is -2.45. The molecule has 0 aromatic rings. The first-order valence-electron chi connectivity index (χ1n) is 33.5. The number of carbonyl (C=O) groups is 2. The number of hydrogen-bond donors (Lipinski definition) is 3. The van der Waals surface area contributed by atoms with Crippen molar-refractivity contribution >= 4 is 11.9 Å². The van der Waals surface area contributed by atoms with Gasteiger partial charge in [0.2, 0.25) is 5.91 Å². The van der Waals surface area contributed by atoms with Gasteiger partial charge in [0, 0.05) is 12.8 Å². The second-order valence-corrected chi connectivity index (χ2v) is 23.2. The maximum absolute atomic E-state index is 12.5. The van der Waals surface area contributed by atoms with E-state index in [2.05, 4.69) is 19.2 Å². The topological polar surface area (TPSA) is 95.9 Å². The molecule has 0 spiro atoms. The Kier molecular flexibility index (Phi) is 61.9. The zero-order valence-electron chi connectivity index (χ0n) is 49.6. The van der Waals surface area contributed by atoms with E-state index in [9.17, 15) is 19.8 Å². The number of nitrogens with one attached hydrogen (secondary N) is 1. The first-order chi connectivity index (χ1) is 36.0. The van der Waals surface area contributed by atoms with Crippen molar-refractivity contribution in [2.45, 2.75) is 392 Å². The third kappa shape index (κ3) is 59.7. The molecule has 2 atom stereocenters. The highest BCUT2D eigenvalue weighted by Gasteiger charge is 2.18. The Balaban J connectivity index is 3.41. The molecule has 0 fully saturated rings. The van der Waals surface area contributed by atoms with Gasteiger partial charge < -0.3 is 20.3 Å². The molecule has 0 aliphatic rings. The molecule has 0 saturated carbocycles. The molecule has 0 aromatic carbocycles. The number of aliphatic hydroxyl groups excluding tert-OH is 2. The van der Waals surface area contributed by atoms with Crippen LogP contribution in [-0.2, 0) is 14.3 Å². The van der Waals surface area contributed by atoms with Crippen molar-refractivity contribution in [2.75, 3.05) is 13.2 Å². The summed E-state index contributed by atoms with van der Waals surface area (Å²) in [5, 5.41) is 23.2. The summed E-state index contributed by atoms with van der Waals surface area (Å²) in [4.78, 5) is 24.6. The van der Waals surface area contributed by atoms with E-state index in [-0.39, 0.29) is 18.5 Å². The van der Waals surface area contributed by atoms with Crippen LogP contribution in [0.2, 0.25) is 0 Å². The van der Waals surface area contributed by atoms with Crippen molar-refractivity contribution in [1.82, 2.24) is 5.32 Å². The summed E-state index contributed by atoms with van der Waals surface area (Å²) < 4.78 is 5.49. The van der Waals surface area contributed by atoms with E-state index in [4.69, 9.17) is 4.74 Å². The van der Waals surface area contributed by atoms with E-state index in [0.29, 0.717) is 19.4 Å². The molecule has 3 N–H and O–H groups in total. The zero-order chi connectivity index (χ0) is 52.9. The standard InChI is InChI=1S/C67H131NO5/c1-3-5-7-9-11-13-15-17-19-20-21-22-23-26-29-32-35-39-43-47-51-55-59-65(70)64(63-69)68-66(71)60-56-52-48-44-40-36-33-30-27-24-25-28-31-34-38-42-46-50-54-58-62-73-67(72)61-57-53-49-45-41-37-18-16-14-12-10-8-6-4-2/h55,59,64-65,69-70H,3-54,56-58,60-63H2,1-2H3,(H,68,71)/b59-55+. The van der Waals surface area contributed by atoms with E-state index in [0.717, 1.165) is 38.5 Å². The minimum Gasteiger partial charge on any atom is -0.466 e. The minimum absolute atomic E-state index is 0.0133. The number of hydrogen-bond acceptors (Lipinski definition) is 5. The lowest BCUT2D eigenvalue weighted by atomic mass is 10.0. The van der Waals surface area contributed by atoms with Crippen molar-refractivity contribution in [3.8, 4) is 0 Å². The molecular weight excluding hydrogens is 899 g/mol. The van der Waals surface area contributed by atoms with E-state index in [1.807, 2.05) is 6.08 Å². The third-order valence-electron chi connectivity index (χ3n) is 15.8. The second-order valence-electron chi connectivity index (χ2n) is 23.2. The van der Waals surface area contributed by atoms with Gasteiger partial charge in [0.25, 0.3) is 0 Å². The van der Waals surface area contributed by atoms with Gasteiger partial charge in [-0.2, -0.15) is 0 Å². The molecule has 0 rings (SSSR count). The summed E-state index contributed by atoms with van der Waals surface area (Å²) in [6.45, 7) is 4.94. The smallest absolute Gasteiger partial charge is 0.305 e. The minimum atomic E-state index is -0.846. The first kappa shape index (κ1) is 71.6. The molecule has 2 unspecified atom stereocenters. The molecule has 6 heteroatoms. The summed E-state index contributed by atoms with van der Waals surface area (Å²) in [5.41, 5.74) is 0. The molecular formula is C67H131NO5. The maximum Gasteiger partial charge on any atom is 0.305 e. The number of amides is 1. The molecule has 6 nitrogen and oxygen atoms in total. The number of allylic oxidation sites excluding steroid dienone is 1. The van der Waals surface area contributed by atoms with Gasteiger partial charge in [-0.05, 0) is 32.1 Å². The van der Waals surface area contributed by atoms with Crippen LogP contribution in [0.15, 0.2) is 12.2 Å². The quantitative estimate of drug-likeness (QED) is 0.0320. The van der Waals surface area contributed by atoms with Gasteiger partial charge in [-0.3, -0.25) is 9.59 Å². The normalized spacial score (nSPS) is 12.5. The van der Waals surface area contributed by atoms with Crippen LogP contribution in [0.5, 0.6) is 0 Å². The lowest BCUT2D eigenvalue weighted by Gasteiger charge is -2.20. The summed E-state index contributed by atoms with van der Waals surface area (Å²) in [7, 11) is 0. The van der Waals surface area contributed by atoms with Gasteiger partial charge >= 0.3 is 5.97 Å². The van der Waals surface area contributed by atoms with Crippen LogP contribution in [0, 0.1) is 0 Å². The SMILES string of the molecule is CCCCCCCCCCCCCCCCCCCCCC/C=C/C(O)C(CO)NC(=O)CCCCCCCCCCCCCCCCCCCCCCOC(=O)CCCCCCCCCCCCCCCC. The average molecular weight is 1030 g/mol. The van der Waals surface area contributed by atoms with Gasteiger partial charge in [-0.1, -0.05) is 347 Å². The molecule has 0 aromatic heterocycles. The Morgan fingerprint density at radius 1 is 0.370 bits per heavy atom. The number of aliphatic hydroxyl groups is 2. The first-order valence-corrected chi connectivity index (χ1v) is 33.5. The fourth-order valence-electron chi connectivity index (χ4n) is 10.7. The molecule has 0 heterocycles. The highest BCUT2D eigenvalue weighted by molar-refractivity contribution is 5.76. The number of esters is 1. The predicted molar refractivity (Wildman–Crippen MR) is 320 cm³/mol. The van der Waals surface area contributed by atoms with Gasteiger partial charge in [0.05, 0.1) is 25.4 Å². The maximum atomic E-state index is 12.5. The van der Waals surface area contributed by atoms with E-state index in [1.165, 1.54) is 315 Å². The van der Waals surface area contributed by atoms with Crippen molar-refractivity contribution < 1.29 is 24.5 Å². The number of unbranched alkanes of at least 4 members (excludes halogenated alkanes) is 52. The lowest BCUT2D eigenvalue weighted by molar-refractivity contribution is -0.143. The Labute approximate surface area is 457 Å².